The number of halogens is 1. The van der Waals surface area contributed by atoms with Gasteiger partial charge in [-0.15, -0.1) is 22.9 Å². The number of rotatable bonds is 6. The van der Waals surface area contributed by atoms with Crippen molar-refractivity contribution in [2.24, 2.45) is 0 Å². The van der Waals surface area contributed by atoms with Crippen molar-refractivity contribution in [3.8, 4) is 0 Å². The number of carbonyl (C=O) groups is 1. The summed E-state index contributed by atoms with van der Waals surface area (Å²) in [5, 5.41) is 3.20. The number of amides is 1. The van der Waals surface area contributed by atoms with Crippen molar-refractivity contribution in [2.75, 3.05) is 33.2 Å². The van der Waals surface area contributed by atoms with E-state index in [1.165, 1.54) is 5.01 Å². The molecular formula is C13H20ClN3OS. The fourth-order valence-electron chi connectivity index (χ4n) is 2.13. The average Bonchev–Trinajstić information content (AvgIpc) is 2.87. The van der Waals surface area contributed by atoms with Crippen molar-refractivity contribution in [3.63, 3.8) is 0 Å². The number of hydrogen-bond acceptors (Lipinski definition) is 4. The van der Waals surface area contributed by atoms with Crippen LogP contribution in [0.4, 0.5) is 0 Å². The van der Waals surface area contributed by atoms with E-state index in [9.17, 15) is 4.79 Å². The van der Waals surface area contributed by atoms with E-state index in [2.05, 4.69) is 9.88 Å². The number of aromatic nitrogens is 1. The van der Waals surface area contributed by atoms with Crippen LogP contribution in [0.15, 0.2) is 5.38 Å². The number of carbonyl (C=O) groups excluding carboxylic acids is 1. The lowest BCUT2D eigenvalue weighted by molar-refractivity contribution is -0.134. The van der Waals surface area contributed by atoms with Crippen molar-refractivity contribution in [3.05, 3.63) is 16.1 Å². The molecule has 1 fully saturated rings. The molecule has 6 heteroatoms. The van der Waals surface area contributed by atoms with Crippen LogP contribution in [0.25, 0.3) is 0 Å². The Morgan fingerprint density at radius 1 is 1.42 bits per heavy atom. The van der Waals surface area contributed by atoms with Crippen LogP contribution >= 0.6 is 22.9 Å². The Bertz CT molecular complexity index is 424. The molecule has 106 valence electrons. The van der Waals surface area contributed by atoms with E-state index in [1.54, 1.807) is 16.2 Å². The van der Waals surface area contributed by atoms with E-state index in [0.717, 1.165) is 44.6 Å². The molecule has 1 amide bonds. The van der Waals surface area contributed by atoms with Crippen molar-refractivity contribution >= 4 is 28.8 Å². The minimum atomic E-state index is 0.234. The Morgan fingerprint density at radius 2 is 2.26 bits per heavy atom. The van der Waals surface area contributed by atoms with Gasteiger partial charge in [-0.3, -0.25) is 9.69 Å². The summed E-state index contributed by atoms with van der Waals surface area (Å²) in [5.41, 5.74) is 0.978. The lowest BCUT2D eigenvalue weighted by atomic mass is 10.2. The van der Waals surface area contributed by atoms with Crippen LogP contribution < -0.4 is 0 Å². The van der Waals surface area contributed by atoms with Gasteiger partial charge in [-0.2, -0.15) is 0 Å². The van der Waals surface area contributed by atoms with E-state index >= 15 is 0 Å². The molecule has 1 aromatic rings. The maximum atomic E-state index is 11.6. The number of likely N-dealkylation sites (N-methyl/N-ethyl adjacent to an activating group) is 1. The van der Waals surface area contributed by atoms with E-state index < -0.39 is 0 Å². The highest BCUT2D eigenvalue weighted by Crippen LogP contribution is 2.14. The molecule has 0 N–H and O–H groups in total. The molecule has 4 nitrogen and oxygen atoms in total. The Kier molecular flexibility index (Phi) is 5.60. The van der Waals surface area contributed by atoms with Crippen LogP contribution in [0.1, 0.15) is 23.5 Å². The number of unbranched alkanes of at least 4 members (excludes halogenated alkanes) is 1. The Labute approximate surface area is 123 Å². The van der Waals surface area contributed by atoms with Crippen LogP contribution in [0.3, 0.4) is 0 Å². The SMILES string of the molecule is CN1CCN(CCCCc2nc(CCl)cs2)CC1=O. The number of piperazine rings is 1. The van der Waals surface area contributed by atoms with Gasteiger partial charge in [-0.25, -0.2) is 4.98 Å². The smallest absolute Gasteiger partial charge is 0.236 e. The molecular weight excluding hydrogens is 282 g/mol. The molecule has 0 spiro atoms. The molecule has 1 saturated heterocycles. The molecule has 0 saturated carbocycles. The van der Waals surface area contributed by atoms with Crippen LogP contribution in [0, 0.1) is 0 Å². The number of thiazole rings is 1. The predicted octanol–water partition coefficient (Wildman–Crippen LogP) is 1.98. The number of alkyl halides is 1. The fourth-order valence-corrected chi connectivity index (χ4v) is 3.20. The highest BCUT2D eigenvalue weighted by molar-refractivity contribution is 7.09. The summed E-state index contributed by atoms with van der Waals surface area (Å²) in [6.07, 6.45) is 3.26. The van der Waals surface area contributed by atoms with Gasteiger partial charge in [0.05, 0.1) is 23.1 Å². The standard InChI is InChI=1S/C13H20ClN3OS/c1-16-6-7-17(9-13(16)18)5-3-2-4-12-15-11(8-14)10-19-12/h10H,2-9H2,1H3. The summed E-state index contributed by atoms with van der Waals surface area (Å²) in [7, 11) is 1.87. The van der Waals surface area contributed by atoms with E-state index in [0.29, 0.717) is 12.4 Å². The summed E-state index contributed by atoms with van der Waals surface area (Å²) in [5.74, 6) is 0.734. The van der Waals surface area contributed by atoms with Crippen molar-refractivity contribution in [1.29, 1.82) is 0 Å². The largest absolute Gasteiger partial charge is 0.343 e. The van der Waals surface area contributed by atoms with E-state index in [4.69, 9.17) is 11.6 Å². The first-order chi connectivity index (χ1) is 9.19. The first-order valence-electron chi connectivity index (χ1n) is 6.64. The first kappa shape index (κ1) is 14.8. The van der Waals surface area contributed by atoms with Crippen molar-refractivity contribution < 1.29 is 4.79 Å². The predicted molar refractivity (Wildman–Crippen MR) is 78.7 cm³/mol. The first-order valence-corrected chi connectivity index (χ1v) is 8.06. The maximum absolute atomic E-state index is 11.6. The topological polar surface area (TPSA) is 36.4 Å². The van der Waals surface area contributed by atoms with E-state index in [-0.39, 0.29) is 5.91 Å². The molecule has 2 rings (SSSR count). The third-order valence-corrected chi connectivity index (χ3v) is 4.62. The highest BCUT2D eigenvalue weighted by atomic mass is 35.5. The summed E-state index contributed by atoms with van der Waals surface area (Å²) in [6.45, 7) is 3.43. The van der Waals surface area contributed by atoms with Gasteiger partial charge in [-0.1, -0.05) is 0 Å². The molecule has 0 unspecified atom stereocenters. The maximum Gasteiger partial charge on any atom is 0.236 e. The molecule has 0 radical (unpaired) electrons. The van der Waals surface area contributed by atoms with Crippen LogP contribution in [0.5, 0.6) is 0 Å². The van der Waals surface area contributed by atoms with Gasteiger partial charge in [0.1, 0.15) is 0 Å². The van der Waals surface area contributed by atoms with Gasteiger partial charge in [-0.05, 0) is 25.8 Å². The lowest BCUT2D eigenvalue weighted by Crippen LogP contribution is -2.48. The second-order valence-corrected chi connectivity index (χ2v) is 6.12. The molecule has 1 aliphatic rings. The zero-order valence-electron chi connectivity index (χ0n) is 11.3. The summed E-state index contributed by atoms with van der Waals surface area (Å²) >= 11 is 7.42. The monoisotopic (exact) mass is 301 g/mol. The number of aryl methyl sites for hydroxylation is 1. The molecule has 1 aromatic heterocycles. The van der Waals surface area contributed by atoms with Crippen LogP contribution in [-0.4, -0.2) is 53.9 Å². The zero-order valence-corrected chi connectivity index (χ0v) is 12.8. The fraction of sp³-hybridized carbons (Fsp3) is 0.692. The third kappa shape index (κ3) is 4.44. The number of nitrogens with zero attached hydrogens (tertiary/aromatic N) is 3. The highest BCUT2D eigenvalue weighted by Gasteiger charge is 2.19. The second-order valence-electron chi connectivity index (χ2n) is 4.91. The Morgan fingerprint density at radius 3 is 2.95 bits per heavy atom. The van der Waals surface area contributed by atoms with Crippen LogP contribution in [-0.2, 0) is 17.1 Å². The Hall–Kier alpha value is -0.650. The second kappa shape index (κ2) is 7.22. The van der Waals surface area contributed by atoms with Gasteiger partial charge in [0.25, 0.3) is 0 Å². The zero-order chi connectivity index (χ0) is 13.7. The molecule has 2 heterocycles. The van der Waals surface area contributed by atoms with Crippen molar-refractivity contribution in [2.45, 2.75) is 25.1 Å². The third-order valence-electron chi connectivity index (χ3n) is 3.39. The van der Waals surface area contributed by atoms with Gasteiger partial charge in [0.15, 0.2) is 0 Å². The molecule has 0 bridgehead atoms. The molecule has 1 aliphatic heterocycles. The number of hydrogen-bond donors (Lipinski definition) is 0. The summed E-state index contributed by atoms with van der Waals surface area (Å²) in [4.78, 5) is 20.1. The van der Waals surface area contributed by atoms with Gasteiger partial charge in [0, 0.05) is 25.5 Å². The molecule has 19 heavy (non-hydrogen) atoms. The van der Waals surface area contributed by atoms with Gasteiger partial charge >= 0.3 is 0 Å². The molecule has 0 aromatic carbocycles. The summed E-state index contributed by atoms with van der Waals surface area (Å²) in [6, 6.07) is 0. The van der Waals surface area contributed by atoms with Crippen LogP contribution in [0.2, 0.25) is 0 Å². The Balaban J connectivity index is 1.63. The van der Waals surface area contributed by atoms with Crippen molar-refractivity contribution in [1.82, 2.24) is 14.8 Å². The molecule has 0 aliphatic carbocycles. The normalized spacial score (nSPS) is 17.2. The molecule has 0 atom stereocenters. The van der Waals surface area contributed by atoms with E-state index in [1.807, 2.05) is 12.4 Å². The minimum absolute atomic E-state index is 0.234. The van der Waals surface area contributed by atoms with Gasteiger partial charge < -0.3 is 4.90 Å². The quantitative estimate of drug-likeness (QED) is 0.595. The average molecular weight is 302 g/mol. The minimum Gasteiger partial charge on any atom is -0.343 e. The summed E-state index contributed by atoms with van der Waals surface area (Å²) < 4.78 is 0. The lowest BCUT2D eigenvalue weighted by Gasteiger charge is -2.31. The van der Waals surface area contributed by atoms with Gasteiger partial charge in [0.2, 0.25) is 5.91 Å².